The molecule has 1 aliphatic rings. The van der Waals surface area contributed by atoms with Gasteiger partial charge in [-0.15, -0.1) is 17.8 Å². The first-order valence-corrected chi connectivity index (χ1v) is 11.5. The molecule has 2 atom stereocenters. The molecule has 12 heteroatoms. The van der Waals surface area contributed by atoms with E-state index in [4.69, 9.17) is 16.9 Å². The van der Waals surface area contributed by atoms with Crippen LogP contribution in [0.4, 0.5) is 28.6 Å². The summed E-state index contributed by atoms with van der Waals surface area (Å²) in [5.41, 5.74) is 6.56. The number of halogens is 3. The summed E-state index contributed by atoms with van der Waals surface area (Å²) < 4.78 is 46.2. The molecule has 36 heavy (non-hydrogen) atoms. The van der Waals surface area contributed by atoms with Gasteiger partial charge < -0.3 is 15.4 Å². The SMILES string of the molecule is C#Cc1nc(NC(=O)N(C)C(COC(N)=O)c2ccc(-c3ccc(F)cc3C3CC3(F)F)cn2)cs1. The molecule has 1 aliphatic carbocycles. The molecule has 0 bridgehead atoms. The topological polar surface area (TPSA) is 110 Å². The third kappa shape index (κ3) is 5.41. The summed E-state index contributed by atoms with van der Waals surface area (Å²) in [5, 5.41) is 4.56. The van der Waals surface area contributed by atoms with Gasteiger partial charge in [0.25, 0.3) is 5.92 Å². The highest BCUT2D eigenvalue weighted by Crippen LogP contribution is 2.57. The lowest BCUT2D eigenvalue weighted by atomic mass is 9.97. The van der Waals surface area contributed by atoms with E-state index in [1.54, 1.807) is 17.5 Å². The predicted molar refractivity (Wildman–Crippen MR) is 127 cm³/mol. The Labute approximate surface area is 208 Å². The van der Waals surface area contributed by atoms with Crippen LogP contribution in [0.15, 0.2) is 41.9 Å². The van der Waals surface area contributed by atoms with Crippen LogP contribution in [0.1, 0.15) is 34.6 Å². The van der Waals surface area contributed by atoms with E-state index in [2.05, 4.69) is 21.2 Å². The van der Waals surface area contributed by atoms with Crippen molar-refractivity contribution in [2.45, 2.75) is 24.3 Å². The summed E-state index contributed by atoms with van der Waals surface area (Å²) in [4.78, 5) is 33.7. The van der Waals surface area contributed by atoms with Crippen LogP contribution in [0.5, 0.6) is 0 Å². The van der Waals surface area contributed by atoms with E-state index >= 15 is 0 Å². The van der Waals surface area contributed by atoms with Crippen molar-refractivity contribution in [1.29, 1.82) is 0 Å². The number of likely N-dealkylation sites (N-methyl/N-ethyl adjacent to an activating group) is 1. The van der Waals surface area contributed by atoms with Crippen molar-refractivity contribution < 1.29 is 27.5 Å². The average molecular weight is 516 g/mol. The third-order valence-corrected chi connectivity index (χ3v) is 6.46. The number of rotatable bonds is 7. The minimum atomic E-state index is -2.87. The van der Waals surface area contributed by atoms with Gasteiger partial charge in [0.1, 0.15) is 24.3 Å². The number of anilines is 1. The van der Waals surface area contributed by atoms with Crippen LogP contribution in [0.3, 0.4) is 0 Å². The summed E-state index contributed by atoms with van der Waals surface area (Å²) in [6, 6.07) is 5.48. The number of hydrogen-bond donors (Lipinski definition) is 2. The number of nitrogens with one attached hydrogen (secondary N) is 1. The Balaban J connectivity index is 1.58. The number of nitrogens with two attached hydrogens (primary N) is 1. The number of ether oxygens (including phenoxy) is 1. The molecule has 1 fully saturated rings. The van der Waals surface area contributed by atoms with Crippen LogP contribution in [0.2, 0.25) is 0 Å². The number of carbonyl (C=O) groups is 2. The second-order valence-corrected chi connectivity index (χ2v) is 8.95. The van der Waals surface area contributed by atoms with Crippen molar-refractivity contribution in [1.82, 2.24) is 14.9 Å². The maximum absolute atomic E-state index is 13.8. The quantitative estimate of drug-likeness (QED) is 0.442. The van der Waals surface area contributed by atoms with E-state index in [0.717, 1.165) is 6.07 Å². The van der Waals surface area contributed by atoms with Crippen molar-refractivity contribution in [2.75, 3.05) is 19.0 Å². The van der Waals surface area contributed by atoms with Crippen LogP contribution in [0.25, 0.3) is 11.1 Å². The van der Waals surface area contributed by atoms with Crippen molar-refractivity contribution in [2.24, 2.45) is 5.73 Å². The van der Waals surface area contributed by atoms with Gasteiger partial charge in [-0.3, -0.25) is 10.3 Å². The molecule has 8 nitrogen and oxygen atoms in total. The lowest BCUT2D eigenvalue weighted by molar-refractivity contribution is 0.112. The molecule has 0 radical (unpaired) electrons. The summed E-state index contributed by atoms with van der Waals surface area (Å²) in [6.07, 6.45) is 5.35. The van der Waals surface area contributed by atoms with E-state index in [1.807, 2.05) is 0 Å². The zero-order valence-electron chi connectivity index (χ0n) is 18.9. The molecular weight excluding hydrogens is 495 g/mol. The molecule has 4 rings (SSSR count). The van der Waals surface area contributed by atoms with Crippen LogP contribution in [0, 0.1) is 18.2 Å². The molecule has 0 saturated heterocycles. The molecule has 0 aliphatic heterocycles. The monoisotopic (exact) mass is 515 g/mol. The Morgan fingerprint density at radius 2 is 2.14 bits per heavy atom. The molecule has 2 unspecified atom stereocenters. The van der Waals surface area contributed by atoms with Crippen molar-refractivity contribution in [3.05, 3.63) is 64.0 Å². The third-order valence-electron chi connectivity index (χ3n) is 5.69. The van der Waals surface area contributed by atoms with Crippen molar-refractivity contribution in [3.8, 4) is 23.5 Å². The Hall–Kier alpha value is -4.11. The van der Waals surface area contributed by atoms with Gasteiger partial charge in [0, 0.05) is 30.6 Å². The molecular formula is C24H20F3N5O3S. The predicted octanol–water partition coefficient (Wildman–Crippen LogP) is 4.75. The molecule has 0 spiro atoms. The number of hydrogen-bond acceptors (Lipinski definition) is 6. The second-order valence-electron chi connectivity index (χ2n) is 8.09. The van der Waals surface area contributed by atoms with Gasteiger partial charge in [0.15, 0.2) is 5.01 Å². The van der Waals surface area contributed by atoms with Gasteiger partial charge in [0.05, 0.1) is 11.6 Å². The number of urea groups is 1. The van der Waals surface area contributed by atoms with Gasteiger partial charge in [0.2, 0.25) is 0 Å². The fourth-order valence-electron chi connectivity index (χ4n) is 3.69. The highest BCUT2D eigenvalue weighted by Gasteiger charge is 2.58. The number of benzene rings is 1. The highest BCUT2D eigenvalue weighted by molar-refractivity contribution is 7.10. The number of carbonyl (C=O) groups excluding carboxylic acids is 2. The number of thiazole rings is 1. The van der Waals surface area contributed by atoms with Gasteiger partial charge in [-0.05, 0) is 35.2 Å². The summed E-state index contributed by atoms with van der Waals surface area (Å²) >= 11 is 1.18. The maximum Gasteiger partial charge on any atom is 0.404 e. The van der Waals surface area contributed by atoms with Gasteiger partial charge in [-0.1, -0.05) is 12.1 Å². The van der Waals surface area contributed by atoms with Crippen molar-refractivity contribution >= 4 is 29.3 Å². The molecule has 186 valence electrons. The van der Waals surface area contributed by atoms with E-state index in [-0.39, 0.29) is 24.4 Å². The Morgan fingerprint density at radius 3 is 2.72 bits per heavy atom. The summed E-state index contributed by atoms with van der Waals surface area (Å²) in [6.45, 7) is -0.297. The normalized spacial score (nSPS) is 16.5. The van der Waals surface area contributed by atoms with E-state index in [9.17, 15) is 22.8 Å². The number of pyridine rings is 1. The standard InChI is InChI=1S/C24H20F3N5O3S/c1-3-21-30-20(12-36-21)31-23(34)32(2)19(11-35-22(28)33)18-7-4-13(10-29-18)15-6-5-14(25)8-16(15)17-9-24(17,26)27/h1,4-8,10,12,17,19H,9,11H2,2H3,(H2,28,33)(H,31,34). The Kier molecular flexibility index (Phi) is 6.85. The second kappa shape index (κ2) is 9.87. The number of terminal acetylenes is 1. The first-order valence-electron chi connectivity index (χ1n) is 10.6. The van der Waals surface area contributed by atoms with Crippen LogP contribution >= 0.6 is 11.3 Å². The zero-order valence-corrected chi connectivity index (χ0v) is 19.7. The number of primary amides is 1. The Morgan fingerprint density at radius 1 is 1.39 bits per heavy atom. The van der Waals surface area contributed by atoms with E-state index < -0.39 is 35.8 Å². The van der Waals surface area contributed by atoms with E-state index in [0.29, 0.717) is 21.8 Å². The summed E-state index contributed by atoms with van der Waals surface area (Å²) in [5.74, 6) is -1.91. The zero-order chi connectivity index (χ0) is 26.0. The van der Waals surface area contributed by atoms with Crippen molar-refractivity contribution in [3.63, 3.8) is 0 Å². The number of amides is 3. The van der Waals surface area contributed by atoms with Gasteiger partial charge in [-0.2, -0.15) is 0 Å². The minimum Gasteiger partial charge on any atom is -0.447 e. The first kappa shape index (κ1) is 25.0. The molecule has 2 heterocycles. The average Bonchev–Trinajstić information content (AvgIpc) is 3.25. The molecule has 3 N–H and O–H groups in total. The minimum absolute atomic E-state index is 0.203. The van der Waals surface area contributed by atoms with Crippen LogP contribution in [-0.4, -0.2) is 46.6 Å². The van der Waals surface area contributed by atoms with E-state index in [1.165, 1.54) is 41.6 Å². The Bertz CT molecular complexity index is 1340. The van der Waals surface area contributed by atoms with Crippen LogP contribution in [-0.2, 0) is 4.74 Å². The highest BCUT2D eigenvalue weighted by atomic mass is 32.1. The number of nitrogens with zero attached hydrogens (tertiary/aromatic N) is 3. The molecule has 3 aromatic rings. The summed E-state index contributed by atoms with van der Waals surface area (Å²) in [7, 11) is 1.46. The molecule has 3 amide bonds. The number of alkyl halides is 2. The number of aromatic nitrogens is 2. The lowest BCUT2D eigenvalue weighted by Gasteiger charge is -2.27. The fraction of sp³-hybridized carbons (Fsp3) is 0.250. The molecule has 2 aromatic heterocycles. The van der Waals surface area contributed by atoms with Crippen LogP contribution < -0.4 is 11.1 Å². The largest absolute Gasteiger partial charge is 0.447 e. The smallest absolute Gasteiger partial charge is 0.404 e. The fourth-order valence-corrected chi connectivity index (χ4v) is 4.24. The van der Waals surface area contributed by atoms with Gasteiger partial charge in [-0.25, -0.2) is 27.7 Å². The molecule has 1 saturated carbocycles. The maximum atomic E-state index is 13.8. The first-order chi connectivity index (χ1) is 17.1. The van der Waals surface area contributed by atoms with Gasteiger partial charge >= 0.3 is 12.1 Å². The lowest BCUT2D eigenvalue weighted by Crippen LogP contribution is -2.38. The molecule has 1 aromatic carbocycles.